The Morgan fingerprint density at radius 2 is 1.82 bits per heavy atom. The zero-order valence-corrected chi connectivity index (χ0v) is 32.7. The van der Waals surface area contributed by atoms with Gasteiger partial charge in [-0.05, 0) is 85.4 Å². The summed E-state index contributed by atoms with van der Waals surface area (Å²) < 4.78 is 40.6. The van der Waals surface area contributed by atoms with Gasteiger partial charge in [0.05, 0.1) is 24.8 Å². The molecule has 1 amide bonds. The Kier molecular flexibility index (Phi) is 14.6. The minimum atomic E-state index is -1.45. The van der Waals surface area contributed by atoms with Crippen molar-refractivity contribution in [2.75, 3.05) is 59.8 Å². The summed E-state index contributed by atoms with van der Waals surface area (Å²) in [6.45, 7) is 11.9. The van der Waals surface area contributed by atoms with E-state index >= 15 is 0 Å². The van der Waals surface area contributed by atoms with E-state index in [-0.39, 0.29) is 63.0 Å². The highest BCUT2D eigenvalue weighted by Crippen LogP contribution is 2.62. The minimum absolute atomic E-state index is 0.0730. The Morgan fingerprint density at radius 3 is 2.52 bits per heavy atom. The van der Waals surface area contributed by atoms with Gasteiger partial charge in [-0.3, -0.25) is 9.80 Å². The van der Waals surface area contributed by atoms with Crippen LogP contribution in [0.4, 0.5) is 9.18 Å². The highest BCUT2D eigenvalue weighted by Gasteiger charge is 2.65. The number of fused-ring (bicyclic) bond motifs is 2. The Hall–Kier alpha value is -4.23. The van der Waals surface area contributed by atoms with Gasteiger partial charge in [0, 0.05) is 57.3 Å². The van der Waals surface area contributed by atoms with Crippen LogP contribution < -0.4 is 9.47 Å². The van der Waals surface area contributed by atoms with Gasteiger partial charge < -0.3 is 34.0 Å². The van der Waals surface area contributed by atoms with E-state index in [1.165, 1.54) is 19.2 Å². The van der Waals surface area contributed by atoms with Crippen LogP contribution in [-0.2, 0) is 20.9 Å². The number of halogens is 1. The van der Waals surface area contributed by atoms with Crippen LogP contribution in [-0.4, -0.2) is 103 Å². The van der Waals surface area contributed by atoms with Gasteiger partial charge in [0.1, 0.15) is 37.1 Å². The third-order valence-corrected chi connectivity index (χ3v) is 11.5. The second-order valence-electron chi connectivity index (χ2n) is 15.1. The molecule has 0 spiro atoms. The van der Waals surface area contributed by atoms with E-state index in [0.717, 1.165) is 62.2 Å². The van der Waals surface area contributed by atoms with Gasteiger partial charge in [0.25, 0.3) is 0 Å². The number of rotatable bonds is 22. The van der Waals surface area contributed by atoms with Crippen LogP contribution >= 0.6 is 0 Å². The zero-order valence-electron chi connectivity index (χ0n) is 32.7. The molecule has 2 fully saturated rings. The van der Waals surface area contributed by atoms with Crippen molar-refractivity contribution in [2.24, 2.45) is 22.9 Å². The molecule has 2 aliphatic carbocycles. The minimum Gasteiger partial charge on any atom is -0.492 e. The number of aliphatic hydroxyl groups excluding tert-OH is 2. The standard InChI is InChI=1S/C44H58FN3O8/c1-4-6-25-54-43(51)48(30-31-13-15-33(45)16-14-31)40-29-38(46-52-3)36-27-32(11-7-9-22-49)35(12-8-10-23-50)41-37-28-34(53-26-21-47-19-20-47)17-18-39(37)56-44(40,42(36)41)55-24-5-2/h4-5,13-18,27-28,32,35,40-42,49-50H,1-2,6-12,19-26,29-30H2,3H3/t32-,35+,40-,41+,42+,44+/m0/s1. The molecule has 2 aromatic rings. The Labute approximate surface area is 330 Å². The topological polar surface area (TPSA) is 122 Å². The van der Waals surface area contributed by atoms with Crippen LogP contribution in [0.1, 0.15) is 68.4 Å². The Balaban J connectivity index is 1.55. The van der Waals surface area contributed by atoms with Gasteiger partial charge in [-0.25, -0.2) is 9.18 Å². The van der Waals surface area contributed by atoms with Crippen LogP contribution in [0.25, 0.3) is 0 Å². The number of hydrogen-bond donors (Lipinski definition) is 2. The summed E-state index contributed by atoms with van der Waals surface area (Å²) in [5, 5.41) is 24.3. The lowest BCUT2D eigenvalue weighted by molar-refractivity contribution is -0.256. The number of nitrogens with zero attached hydrogens (tertiary/aromatic N) is 3. The molecular weight excluding hydrogens is 717 g/mol. The highest BCUT2D eigenvalue weighted by atomic mass is 19.1. The number of hydrogen-bond acceptors (Lipinski definition) is 10. The fraction of sp³-hybridized carbons (Fsp3) is 0.545. The molecular formula is C44H58FN3O8. The quantitative estimate of drug-likeness (QED) is 0.0564. The molecule has 0 unspecified atom stereocenters. The Bertz CT molecular complexity index is 1700. The van der Waals surface area contributed by atoms with E-state index in [4.69, 9.17) is 23.8 Å². The van der Waals surface area contributed by atoms with E-state index in [0.29, 0.717) is 42.9 Å². The number of allylic oxidation sites excluding steroid dienone is 1. The molecule has 0 aromatic heterocycles. The largest absolute Gasteiger partial charge is 0.492 e. The maximum absolute atomic E-state index is 14.4. The van der Waals surface area contributed by atoms with Gasteiger partial charge in [0.2, 0.25) is 5.79 Å². The zero-order chi connectivity index (χ0) is 39.5. The van der Waals surface area contributed by atoms with Crippen LogP contribution in [0.5, 0.6) is 11.5 Å². The number of benzene rings is 2. The third-order valence-electron chi connectivity index (χ3n) is 11.5. The molecule has 304 valence electrons. The van der Waals surface area contributed by atoms with Crippen LogP contribution in [0.15, 0.2) is 84.6 Å². The first-order chi connectivity index (χ1) is 27.4. The van der Waals surface area contributed by atoms with Gasteiger partial charge in [-0.2, -0.15) is 0 Å². The van der Waals surface area contributed by atoms with Crippen molar-refractivity contribution in [2.45, 2.75) is 75.7 Å². The van der Waals surface area contributed by atoms with Crippen molar-refractivity contribution in [1.82, 2.24) is 9.80 Å². The van der Waals surface area contributed by atoms with Crippen molar-refractivity contribution in [1.29, 1.82) is 0 Å². The summed E-state index contributed by atoms with van der Waals surface area (Å²) in [5.74, 6) is -0.935. The van der Waals surface area contributed by atoms with Crippen molar-refractivity contribution < 1.29 is 43.2 Å². The monoisotopic (exact) mass is 775 g/mol. The first kappa shape index (κ1) is 41.4. The van der Waals surface area contributed by atoms with Gasteiger partial charge in [0.15, 0.2) is 0 Å². The van der Waals surface area contributed by atoms with Crippen LogP contribution in [0.2, 0.25) is 0 Å². The molecule has 12 heteroatoms. The first-order valence-corrected chi connectivity index (χ1v) is 20.1. The lowest BCUT2D eigenvalue weighted by Crippen LogP contribution is -2.70. The van der Waals surface area contributed by atoms with E-state index in [1.807, 2.05) is 12.1 Å². The molecule has 1 saturated heterocycles. The molecule has 1 saturated carbocycles. The van der Waals surface area contributed by atoms with E-state index < -0.39 is 23.8 Å². The second kappa shape index (κ2) is 19.8. The molecule has 2 aliphatic heterocycles. The summed E-state index contributed by atoms with van der Waals surface area (Å²) in [5.41, 5.74) is 3.29. The third kappa shape index (κ3) is 9.48. The molecule has 4 aliphatic rings. The molecule has 6 atom stereocenters. The Morgan fingerprint density at radius 1 is 1.05 bits per heavy atom. The highest BCUT2D eigenvalue weighted by molar-refractivity contribution is 6.03. The number of unbranched alkanes of at least 4 members (excludes halogenated alkanes) is 2. The van der Waals surface area contributed by atoms with E-state index in [9.17, 15) is 19.4 Å². The number of amides is 1. The summed E-state index contributed by atoms with van der Waals surface area (Å²) in [6.07, 6.45) is 10.4. The molecule has 6 rings (SSSR count). The second-order valence-corrected chi connectivity index (χ2v) is 15.1. The van der Waals surface area contributed by atoms with Crippen molar-refractivity contribution in [3.63, 3.8) is 0 Å². The fourth-order valence-electron chi connectivity index (χ4n) is 8.84. The van der Waals surface area contributed by atoms with Crippen LogP contribution in [0, 0.1) is 23.6 Å². The predicted octanol–water partition coefficient (Wildman–Crippen LogP) is 7.00. The van der Waals surface area contributed by atoms with Gasteiger partial charge >= 0.3 is 6.09 Å². The number of carbonyl (C=O) groups excluding carboxylic acids is 1. The molecule has 11 nitrogen and oxygen atoms in total. The van der Waals surface area contributed by atoms with Crippen LogP contribution in [0.3, 0.4) is 0 Å². The summed E-state index contributed by atoms with van der Waals surface area (Å²) in [6, 6.07) is 11.3. The first-order valence-electron chi connectivity index (χ1n) is 20.1. The van der Waals surface area contributed by atoms with Crippen molar-refractivity contribution >= 4 is 11.8 Å². The summed E-state index contributed by atoms with van der Waals surface area (Å²) >= 11 is 0. The molecule has 0 radical (unpaired) electrons. The lowest BCUT2D eigenvalue weighted by atomic mass is 9.55. The van der Waals surface area contributed by atoms with E-state index in [2.05, 4.69) is 35.4 Å². The number of oxime groups is 1. The predicted molar refractivity (Wildman–Crippen MR) is 212 cm³/mol. The number of aliphatic hydroxyl groups is 2. The van der Waals surface area contributed by atoms with Gasteiger partial charge in [-0.1, -0.05) is 48.4 Å². The lowest BCUT2D eigenvalue weighted by Gasteiger charge is -2.59. The molecule has 2 aromatic carbocycles. The number of carbonyl (C=O) groups is 1. The summed E-state index contributed by atoms with van der Waals surface area (Å²) in [4.78, 5) is 23.9. The molecule has 0 bridgehead atoms. The van der Waals surface area contributed by atoms with Gasteiger partial charge in [-0.15, -0.1) is 13.2 Å². The van der Waals surface area contributed by atoms with Crippen molar-refractivity contribution in [3.05, 3.63) is 96.4 Å². The fourth-order valence-corrected chi connectivity index (χ4v) is 8.84. The normalized spacial score (nSPS) is 25.6. The molecule has 56 heavy (non-hydrogen) atoms. The molecule has 2 N–H and O–H groups in total. The van der Waals surface area contributed by atoms with E-state index in [1.54, 1.807) is 29.2 Å². The average molecular weight is 776 g/mol. The maximum Gasteiger partial charge on any atom is 0.410 e. The van der Waals surface area contributed by atoms with Crippen molar-refractivity contribution in [3.8, 4) is 11.5 Å². The summed E-state index contributed by atoms with van der Waals surface area (Å²) in [7, 11) is 1.52. The SMILES string of the molecule is C=CCCOC(=O)N(Cc1ccc(F)cc1)[C@H]1CC(=NOC)C2=C[C@H](CCCCO)[C@@H](CCCCO)[C@@H]3c4cc(OCCN5CC5)ccc4O[C@@]1(OCC=C)[C@H]23. The molecule has 2 heterocycles. The smallest absolute Gasteiger partial charge is 0.410 e. The maximum atomic E-state index is 14.4. The number of ether oxygens (including phenoxy) is 4. The average Bonchev–Trinajstić information content (AvgIpc) is 4.03.